The first-order valence-corrected chi connectivity index (χ1v) is 25.0. The number of alkyl carbamates (subject to hydrolysis) is 1. The molecule has 376 valence electrons. The molecule has 1 aromatic heterocycles. The number of aromatic nitrogens is 1. The Morgan fingerprint density at radius 3 is 2.28 bits per heavy atom. The summed E-state index contributed by atoms with van der Waals surface area (Å²) in [6, 6.07) is 9.84. The van der Waals surface area contributed by atoms with Crippen molar-refractivity contribution in [3.05, 3.63) is 54.6 Å². The highest BCUT2D eigenvalue weighted by Crippen LogP contribution is 2.48. The number of benzene rings is 2. The van der Waals surface area contributed by atoms with Crippen LogP contribution < -0.4 is 34.3 Å². The minimum Gasteiger partial charge on any atom is -0.497 e. The van der Waals surface area contributed by atoms with Gasteiger partial charge in [0.15, 0.2) is 11.4 Å². The molecule has 3 N–H and O–H groups in total. The van der Waals surface area contributed by atoms with Crippen LogP contribution in [0.25, 0.3) is 22.0 Å². The van der Waals surface area contributed by atoms with Crippen LogP contribution in [0.5, 0.6) is 23.1 Å². The van der Waals surface area contributed by atoms with Crippen molar-refractivity contribution in [2.45, 2.75) is 146 Å². The third-order valence-electron chi connectivity index (χ3n) is 14.0. The molecule has 0 bridgehead atoms. The SMILES string of the molecule is COc1ccc2c(O[C@@H]3C[C@H]4C(=O)N[C@]5(C(=O)NS(=O)(=O)C6(C)CC6)C[C@H]5/C=C\CC[C@H](C)C[C@@H](C)[C@H](NC(=O)OC(C)(C)C(C)(F)F)C(=O)N4C3)nc(-c3ccc(OC(C)C)cc3)c(OC)c2c1. The van der Waals surface area contributed by atoms with E-state index in [0.29, 0.717) is 78.3 Å². The highest BCUT2D eigenvalue weighted by Gasteiger charge is 2.63. The molecule has 4 amide bonds. The number of nitrogens with zero attached hydrogens (tertiary/aromatic N) is 2. The van der Waals surface area contributed by atoms with Crippen molar-refractivity contribution >= 4 is 44.6 Å². The molecule has 3 fully saturated rings. The summed E-state index contributed by atoms with van der Waals surface area (Å²) in [7, 11) is -1.05. The van der Waals surface area contributed by atoms with Gasteiger partial charge in [-0.2, -0.15) is 0 Å². The van der Waals surface area contributed by atoms with Gasteiger partial charge in [0, 0.05) is 35.6 Å². The molecule has 0 radical (unpaired) electrons. The quantitative estimate of drug-likeness (QED) is 0.143. The van der Waals surface area contributed by atoms with E-state index < -0.39 is 85.7 Å². The first-order chi connectivity index (χ1) is 32.3. The van der Waals surface area contributed by atoms with E-state index in [9.17, 15) is 31.6 Å². The van der Waals surface area contributed by atoms with E-state index >= 15 is 4.79 Å². The summed E-state index contributed by atoms with van der Waals surface area (Å²) in [5.74, 6) is -5.24. The lowest BCUT2D eigenvalue weighted by molar-refractivity contribution is -0.152. The number of alkyl halides is 2. The van der Waals surface area contributed by atoms with Gasteiger partial charge in [0.05, 0.1) is 31.6 Å². The second-order valence-corrected chi connectivity index (χ2v) is 22.5. The largest absolute Gasteiger partial charge is 0.497 e. The second-order valence-electron chi connectivity index (χ2n) is 20.3. The van der Waals surface area contributed by atoms with E-state index in [1.54, 1.807) is 32.0 Å². The maximum atomic E-state index is 15.2. The normalized spacial score (nSPS) is 26.6. The summed E-state index contributed by atoms with van der Waals surface area (Å²) in [5.41, 5.74) is -2.84. The number of allylic oxidation sites excluding steroid dienone is 1. The third-order valence-corrected chi connectivity index (χ3v) is 16.2. The predicted octanol–water partition coefficient (Wildman–Crippen LogP) is 7.47. The van der Waals surface area contributed by atoms with Gasteiger partial charge in [0.1, 0.15) is 40.9 Å². The molecule has 3 aromatic rings. The monoisotopic (exact) mass is 981 g/mol. The zero-order valence-electron chi connectivity index (χ0n) is 40.9. The lowest BCUT2D eigenvalue weighted by atomic mass is 9.88. The Labute approximate surface area is 402 Å². The van der Waals surface area contributed by atoms with E-state index in [1.807, 2.05) is 57.2 Å². The van der Waals surface area contributed by atoms with Crippen molar-refractivity contribution in [2.75, 3.05) is 20.8 Å². The molecule has 2 saturated carbocycles. The van der Waals surface area contributed by atoms with Crippen molar-refractivity contribution in [1.29, 1.82) is 0 Å². The number of halogens is 2. The number of sulfonamides is 1. The first-order valence-electron chi connectivity index (χ1n) is 23.5. The standard InChI is InChI=1S/C50H65F2N5O11S/c1-28(2)66-33-17-15-31(16-18-33)40-41(65-10)37-24-34(64-9)19-20-36(37)43(53-40)67-35-25-38-42(58)55-50(45(60)56-69(62,63)48(7)21-22-48)26-32(50)14-12-11-13-29(3)23-30(4)39(44(59)57(38)27-35)54-46(61)68-47(5,6)49(8,51)52/h12,14-20,24,28-30,32,35,38-39H,11,13,21-23,25-27H2,1-10H3,(H,54,61)(H,55,58)(H,56,60)/b14-12-/t29-,30+,32+,35+,38-,39-,50+/m0/s1. The lowest BCUT2D eigenvalue weighted by Gasteiger charge is -2.35. The van der Waals surface area contributed by atoms with E-state index in [0.717, 1.165) is 13.8 Å². The first kappa shape index (κ1) is 51.1. The van der Waals surface area contributed by atoms with E-state index in [2.05, 4.69) is 15.4 Å². The third kappa shape index (κ3) is 10.7. The summed E-state index contributed by atoms with van der Waals surface area (Å²) in [6.45, 7) is 11.7. The highest BCUT2D eigenvalue weighted by atomic mass is 32.2. The van der Waals surface area contributed by atoms with Crippen LogP contribution in [-0.4, -0.2) is 109 Å². The number of methoxy groups -OCH3 is 2. The topological polar surface area (TPSA) is 201 Å². The van der Waals surface area contributed by atoms with Gasteiger partial charge in [-0.25, -0.2) is 27.0 Å². The smallest absolute Gasteiger partial charge is 0.408 e. The van der Waals surface area contributed by atoms with Gasteiger partial charge in [-0.1, -0.05) is 26.0 Å². The fourth-order valence-electron chi connectivity index (χ4n) is 9.05. The van der Waals surface area contributed by atoms with Crippen molar-refractivity contribution in [1.82, 2.24) is 25.2 Å². The number of fused-ring (bicyclic) bond motifs is 3. The summed E-state index contributed by atoms with van der Waals surface area (Å²) in [5, 5.41) is 6.55. The van der Waals surface area contributed by atoms with Gasteiger partial charge in [-0.3, -0.25) is 19.1 Å². The van der Waals surface area contributed by atoms with Gasteiger partial charge in [-0.15, -0.1) is 0 Å². The molecule has 0 spiro atoms. The molecular weight excluding hydrogens is 917 g/mol. The Hall–Kier alpha value is -5.72. The number of hydrogen-bond donors (Lipinski definition) is 3. The number of rotatable bonds is 13. The van der Waals surface area contributed by atoms with Crippen LogP contribution in [-0.2, 0) is 29.1 Å². The molecule has 7 atom stereocenters. The summed E-state index contributed by atoms with van der Waals surface area (Å²) < 4.78 is 86.5. The van der Waals surface area contributed by atoms with E-state index in [-0.39, 0.29) is 37.3 Å². The Bertz CT molecular complexity index is 2600. The van der Waals surface area contributed by atoms with Crippen molar-refractivity contribution in [2.24, 2.45) is 17.8 Å². The number of carbonyl (C=O) groups excluding carboxylic acids is 4. The Morgan fingerprint density at radius 1 is 0.971 bits per heavy atom. The number of carbonyl (C=O) groups is 4. The second kappa shape index (κ2) is 19.2. The highest BCUT2D eigenvalue weighted by molar-refractivity contribution is 7.91. The summed E-state index contributed by atoms with van der Waals surface area (Å²) >= 11 is 0. The van der Waals surface area contributed by atoms with Crippen LogP contribution in [0.2, 0.25) is 0 Å². The maximum absolute atomic E-state index is 15.2. The zero-order chi connectivity index (χ0) is 50.4. The minimum absolute atomic E-state index is 0.0117. The molecule has 7 rings (SSSR count). The summed E-state index contributed by atoms with van der Waals surface area (Å²) in [4.78, 5) is 64.0. The molecular formula is C50H65F2N5O11S. The van der Waals surface area contributed by atoms with Crippen LogP contribution in [0.15, 0.2) is 54.6 Å². The molecule has 2 aliphatic heterocycles. The minimum atomic E-state index is -4.10. The fourth-order valence-corrected chi connectivity index (χ4v) is 10.4. The molecule has 0 unspecified atom stereocenters. The maximum Gasteiger partial charge on any atom is 0.408 e. The number of amides is 4. The predicted molar refractivity (Wildman–Crippen MR) is 254 cm³/mol. The molecule has 3 heterocycles. The van der Waals surface area contributed by atoms with Crippen LogP contribution in [0.4, 0.5) is 13.6 Å². The molecule has 2 aliphatic carbocycles. The fraction of sp³-hybridized carbons (Fsp3) is 0.580. The average Bonchev–Trinajstić information content (AvgIpc) is 4.16. The molecule has 4 aliphatic rings. The number of pyridine rings is 1. The molecule has 69 heavy (non-hydrogen) atoms. The van der Waals surface area contributed by atoms with E-state index in [4.69, 9.17) is 28.7 Å². The van der Waals surface area contributed by atoms with Crippen LogP contribution in [0.3, 0.4) is 0 Å². The average molecular weight is 982 g/mol. The van der Waals surface area contributed by atoms with Gasteiger partial charge in [0.25, 0.3) is 11.8 Å². The van der Waals surface area contributed by atoms with E-state index in [1.165, 1.54) is 19.1 Å². The van der Waals surface area contributed by atoms with Crippen molar-refractivity contribution < 1.29 is 60.1 Å². The van der Waals surface area contributed by atoms with Crippen LogP contribution >= 0.6 is 0 Å². The molecule has 1 saturated heterocycles. The van der Waals surface area contributed by atoms with Crippen molar-refractivity contribution in [3.8, 4) is 34.4 Å². The zero-order valence-corrected chi connectivity index (χ0v) is 41.8. The van der Waals surface area contributed by atoms with Crippen LogP contribution in [0.1, 0.15) is 100 Å². The van der Waals surface area contributed by atoms with Gasteiger partial charge >= 0.3 is 6.09 Å². The number of nitrogens with one attached hydrogen (secondary N) is 3. The Kier molecular flexibility index (Phi) is 14.3. The van der Waals surface area contributed by atoms with Crippen LogP contribution in [0, 0.1) is 17.8 Å². The summed E-state index contributed by atoms with van der Waals surface area (Å²) in [6.07, 6.45) is 3.80. The Morgan fingerprint density at radius 2 is 1.65 bits per heavy atom. The lowest BCUT2D eigenvalue weighted by Crippen LogP contribution is -2.59. The molecule has 19 heteroatoms. The number of hydrogen-bond acceptors (Lipinski definition) is 12. The number of ether oxygens (including phenoxy) is 5. The van der Waals surface area contributed by atoms with Crippen molar-refractivity contribution in [3.63, 3.8) is 0 Å². The Balaban J connectivity index is 1.29. The van der Waals surface area contributed by atoms with Gasteiger partial charge in [-0.05, 0) is 127 Å². The molecule has 16 nitrogen and oxygen atoms in total. The van der Waals surface area contributed by atoms with Gasteiger partial charge < -0.3 is 39.2 Å². The van der Waals surface area contributed by atoms with Gasteiger partial charge in [0.2, 0.25) is 27.7 Å². The molecule has 2 aromatic carbocycles.